The predicted octanol–water partition coefficient (Wildman–Crippen LogP) is 2.94. The smallest absolute Gasteiger partial charge is 0.129 e. The van der Waals surface area contributed by atoms with Crippen molar-refractivity contribution < 1.29 is 5.11 Å². The van der Waals surface area contributed by atoms with Crippen molar-refractivity contribution in [2.75, 3.05) is 11.9 Å². The minimum Gasteiger partial charge on any atom is -0.389 e. The fourth-order valence-corrected chi connectivity index (χ4v) is 2.80. The van der Waals surface area contributed by atoms with Gasteiger partial charge in [0, 0.05) is 30.2 Å². The van der Waals surface area contributed by atoms with Crippen LogP contribution < -0.4 is 5.32 Å². The van der Waals surface area contributed by atoms with Crippen LogP contribution in [0, 0.1) is 6.92 Å². The van der Waals surface area contributed by atoms with Gasteiger partial charge in [0.15, 0.2) is 0 Å². The molecule has 0 spiro atoms. The van der Waals surface area contributed by atoms with Gasteiger partial charge in [0.2, 0.25) is 0 Å². The van der Waals surface area contributed by atoms with Gasteiger partial charge in [-0.3, -0.25) is 0 Å². The van der Waals surface area contributed by atoms with Crippen LogP contribution in [0.15, 0.2) is 30.6 Å². The third-order valence-corrected chi connectivity index (χ3v) is 4.22. The third-order valence-electron chi connectivity index (χ3n) is 4.22. The first-order valence-electron chi connectivity index (χ1n) is 8.58. The van der Waals surface area contributed by atoms with Crippen LogP contribution >= 0.6 is 0 Å². The number of nitrogens with zero attached hydrogens (tertiary/aromatic N) is 3. The number of pyridine rings is 1. The lowest BCUT2D eigenvalue weighted by Gasteiger charge is -2.06. The molecule has 0 fully saturated rings. The zero-order valence-corrected chi connectivity index (χ0v) is 14.1. The van der Waals surface area contributed by atoms with Crippen LogP contribution in [-0.2, 0) is 12.8 Å². The fraction of sp³-hybridized carbons (Fsp3) is 0.421. The summed E-state index contributed by atoms with van der Waals surface area (Å²) in [5.74, 6) is 1.80. The van der Waals surface area contributed by atoms with Crippen molar-refractivity contribution in [3.63, 3.8) is 0 Å². The quantitative estimate of drug-likeness (QED) is 0.766. The van der Waals surface area contributed by atoms with E-state index in [2.05, 4.69) is 32.4 Å². The molecule has 0 saturated carbocycles. The molecule has 24 heavy (non-hydrogen) atoms. The molecule has 1 atom stereocenters. The molecule has 1 unspecified atom stereocenters. The van der Waals surface area contributed by atoms with Crippen LogP contribution in [-0.4, -0.2) is 32.7 Å². The van der Waals surface area contributed by atoms with Gasteiger partial charge in [-0.25, -0.2) is 15.0 Å². The number of fused-ring (bicyclic) bond motifs is 1. The first-order valence-corrected chi connectivity index (χ1v) is 8.58. The van der Waals surface area contributed by atoms with Crippen molar-refractivity contribution in [3.8, 4) is 0 Å². The number of aryl methyl sites for hydroxylation is 2. The molecular weight excluding hydrogens is 300 g/mol. The molecule has 0 bridgehead atoms. The van der Waals surface area contributed by atoms with E-state index in [4.69, 9.17) is 0 Å². The summed E-state index contributed by atoms with van der Waals surface area (Å²) in [7, 11) is 0. The van der Waals surface area contributed by atoms with Gasteiger partial charge in [0.05, 0.1) is 6.10 Å². The van der Waals surface area contributed by atoms with Crippen LogP contribution in [0.25, 0.3) is 6.08 Å². The van der Waals surface area contributed by atoms with Gasteiger partial charge in [0.1, 0.15) is 11.6 Å². The number of aliphatic hydroxyl groups is 1. The zero-order valence-electron chi connectivity index (χ0n) is 14.1. The highest BCUT2D eigenvalue weighted by Gasteiger charge is 2.11. The summed E-state index contributed by atoms with van der Waals surface area (Å²) in [4.78, 5) is 12.9. The Balaban J connectivity index is 1.39. The number of hydrogen-bond acceptors (Lipinski definition) is 5. The van der Waals surface area contributed by atoms with Crippen molar-refractivity contribution in [3.05, 3.63) is 53.2 Å². The predicted molar refractivity (Wildman–Crippen MR) is 95.8 cm³/mol. The van der Waals surface area contributed by atoms with Crippen LogP contribution in [0.1, 0.15) is 41.9 Å². The van der Waals surface area contributed by atoms with Crippen LogP contribution in [0.3, 0.4) is 0 Å². The van der Waals surface area contributed by atoms with Gasteiger partial charge < -0.3 is 10.4 Å². The van der Waals surface area contributed by atoms with Crippen LogP contribution in [0.4, 0.5) is 5.82 Å². The van der Waals surface area contributed by atoms with Gasteiger partial charge >= 0.3 is 0 Å². The Morgan fingerprint density at radius 3 is 2.92 bits per heavy atom. The molecule has 5 nitrogen and oxygen atoms in total. The van der Waals surface area contributed by atoms with E-state index in [1.807, 2.05) is 19.1 Å². The van der Waals surface area contributed by atoms with Crippen LogP contribution in [0.2, 0.25) is 0 Å². The highest BCUT2D eigenvalue weighted by atomic mass is 16.3. The number of aromatic nitrogens is 3. The van der Waals surface area contributed by atoms with E-state index in [0.29, 0.717) is 0 Å². The zero-order chi connectivity index (χ0) is 16.8. The molecular formula is C19H24N4O. The number of rotatable bonds is 7. The second-order valence-electron chi connectivity index (χ2n) is 6.22. The monoisotopic (exact) mass is 324 g/mol. The highest BCUT2D eigenvalue weighted by molar-refractivity contribution is 5.49. The maximum absolute atomic E-state index is 10.0. The van der Waals surface area contributed by atoms with E-state index in [1.54, 1.807) is 12.4 Å². The molecule has 2 aromatic heterocycles. The fourth-order valence-electron chi connectivity index (χ4n) is 2.80. The topological polar surface area (TPSA) is 70.9 Å². The molecule has 3 heterocycles. The standard InChI is InChI=1S/C19H24N4O/c1-14-21-12-15(13-22-14)6-9-18(24)5-3-2-4-17-8-7-16-10-11-20-19(16)23-17/h6-9,12-13,18,24H,2-5,10-11H2,1H3,(H,20,23)/b9-6+. The van der Waals surface area contributed by atoms with Crippen LogP contribution in [0.5, 0.6) is 0 Å². The highest BCUT2D eigenvalue weighted by Crippen LogP contribution is 2.20. The minimum absolute atomic E-state index is 0.430. The Morgan fingerprint density at radius 2 is 2.08 bits per heavy atom. The molecule has 0 radical (unpaired) electrons. The van der Waals surface area contributed by atoms with E-state index in [9.17, 15) is 5.11 Å². The summed E-state index contributed by atoms with van der Waals surface area (Å²) >= 11 is 0. The number of nitrogens with one attached hydrogen (secondary N) is 1. The summed E-state index contributed by atoms with van der Waals surface area (Å²) in [6, 6.07) is 4.30. The molecule has 5 heteroatoms. The molecule has 3 rings (SSSR count). The van der Waals surface area contributed by atoms with Gasteiger partial charge in [-0.05, 0) is 44.2 Å². The summed E-state index contributed by atoms with van der Waals surface area (Å²) in [6.45, 7) is 2.85. The van der Waals surface area contributed by atoms with Gasteiger partial charge in [-0.2, -0.15) is 0 Å². The van der Waals surface area contributed by atoms with E-state index in [-0.39, 0.29) is 0 Å². The van der Waals surface area contributed by atoms with E-state index < -0.39 is 6.10 Å². The minimum atomic E-state index is -0.430. The lowest BCUT2D eigenvalue weighted by atomic mass is 10.1. The second-order valence-corrected chi connectivity index (χ2v) is 6.22. The van der Waals surface area contributed by atoms with Crippen molar-refractivity contribution in [1.82, 2.24) is 15.0 Å². The van der Waals surface area contributed by atoms with Gasteiger partial charge in [0.25, 0.3) is 0 Å². The number of unbranched alkanes of at least 4 members (excludes halogenated alkanes) is 1. The molecule has 0 aromatic carbocycles. The number of hydrogen-bond donors (Lipinski definition) is 2. The Morgan fingerprint density at radius 1 is 1.25 bits per heavy atom. The first-order chi connectivity index (χ1) is 11.7. The SMILES string of the molecule is Cc1ncc(/C=C/C(O)CCCCc2ccc3c(n2)NCC3)cn1. The van der Waals surface area contributed by atoms with Crippen molar-refractivity contribution in [2.24, 2.45) is 0 Å². The Labute approximate surface area is 142 Å². The van der Waals surface area contributed by atoms with E-state index >= 15 is 0 Å². The Bertz CT molecular complexity index is 697. The summed E-state index contributed by atoms with van der Waals surface area (Å²) in [6.07, 6.45) is 11.6. The largest absolute Gasteiger partial charge is 0.389 e. The molecule has 1 aliphatic rings. The first kappa shape index (κ1) is 16.6. The summed E-state index contributed by atoms with van der Waals surface area (Å²) < 4.78 is 0. The van der Waals surface area contributed by atoms with Gasteiger partial charge in [-0.15, -0.1) is 0 Å². The third kappa shape index (κ3) is 4.61. The molecule has 1 aliphatic heterocycles. The summed E-state index contributed by atoms with van der Waals surface area (Å²) in [5, 5.41) is 13.4. The molecule has 2 N–H and O–H groups in total. The molecule has 126 valence electrons. The normalized spacial score (nSPS) is 14.6. The lowest BCUT2D eigenvalue weighted by Crippen LogP contribution is -2.02. The Kier molecular flexibility index (Phi) is 5.54. The molecule has 2 aromatic rings. The molecule has 0 saturated heterocycles. The second kappa shape index (κ2) is 8.02. The van der Waals surface area contributed by atoms with Gasteiger partial charge in [-0.1, -0.05) is 24.6 Å². The lowest BCUT2D eigenvalue weighted by molar-refractivity contribution is 0.209. The van der Waals surface area contributed by atoms with E-state index in [1.165, 1.54) is 5.56 Å². The number of aliphatic hydroxyl groups excluding tert-OH is 1. The Hall–Kier alpha value is -2.27. The van der Waals surface area contributed by atoms with Crippen molar-refractivity contribution in [1.29, 1.82) is 0 Å². The average Bonchev–Trinajstić information content (AvgIpc) is 3.06. The van der Waals surface area contributed by atoms with E-state index in [0.717, 1.165) is 61.5 Å². The van der Waals surface area contributed by atoms with Crippen molar-refractivity contribution in [2.45, 2.75) is 45.1 Å². The number of anilines is 1. The maximum Gasteiger partial charge on any atom is 0.129 e. The molecule has 0 amide bonds. The van der Waals surface area contributed by atoms with Crippen molar-refractivity contribution >= 4 is 11.9 Å². The molecule has 0 aliphatic carbocycles. The summed E-state index contributed by atoms with van der Waals surface area (Å²) in [5.41, 5.74) is 3.36. The average molecular weight is 324 g/mol. The maximum atomic E-state index is 10.0.